The third-order valence-electron chi connectivity index (χ3n) is 4.23. The van der Waals surface area contributed by atoms with Gasteiger partial charge in [0.15, 0.2) is 0 Å². The van der Waals surface area contributed by atoms with Gasteiger partial charge in [0.1, 0.15) is 12.4 Å². The van der Waals surface area contributed by atoms with Crippen molar-refractivity contribution in [1.29, 1.82) is 0 Å². The van der Waals surface area contributed by atoms with Gasteiger partial charge in [0, 0.05) is 10.0 Å². The van der Waals surface area contributed by atoms with E-state index in [1.54, 1.807) is 24.3 Å². The zero-order chi connectivity index (χ0) is 19.9. The van der Waals surface area contributed by atoms with Crippen molar-refractivity contribution in [2.45, 2.75) is 20.5 Å². The number of aryl methyl sites for hydroxylation is 1. The van der Waals surface area contributed by atoms with Crippen molar-refractivity contribution in [3.63, 3.8) is 0 Å². The van der Waals surface area contributed by atoms with Crippen molar-refractivity contribution in [1.82, 2.24) is 5.43 Å². The van der Waals surface area contributed by atoms with Crippen molar-refractivity contribution in [2.75, 3.05) is 0 Å². The highest BCUT2D eigenvalue weighted by atomic mass is 79.9. The number of hydrogen-bond donors (Lipinski definition) is 1. The van der Waals surface area contributed by atoms with Crippen LogP contribution in [-0.2, 0) is 6.61 Å². The average molecular weight is 437 g/mol. The summed E-state index contributed by atoms with van der Waals surface area (Å²) in [5.74, 6) is 0.449. The molecule has 0 unspecified atom stereocenters. The molecule has 5 heteroatoms. The number of carbonyl (C=O) groups is 1. The van der Waals surface area contributed by atoms with Crippen LogP contribution in [0, 0.1) is 6.92 Å². The Kier molecular flexibility index (Phi) is 6.61. The molecule has 0 fully saturated rings. The molecule has 0 spiro atoms. The number of ether oxygens (including phenoxy) is 1. The first-order valence-electron chi connectivity index (χ1n) is 8.90. The maximum atomic E-state index is 12.3. The lowest BCUT2D eigenvalue weighted by atomic mass is 10.1. The zero-order valence-corrected chi connectivity index (χ0v) is 17.4. The Bertz CT molecular complexity index is 963. The molecule has 1 amide bonds. The Balaban J connectivity index is 1.56. The summed E-state index contributed by atoms with van der Waals surface area (Å²) >= 11 is 3.41. The van der Waals surface area contributed by atoms with Crippen molar-refractivity contribution >= 4 is 27.5 Å². The maximum absolute atomic E-state index is 12.3. The van der Waals surface area contributed by atoms with Gasteiger partial charge in [0.25, 0.3) is 5.91 Å². The molecule has 28 heavy (non-hydrogen) atoms. The second kappa shape index (κ2) is 9.33. The lowest BCUT2D eigenvalue weighted by Crippen LogP contribution is -2.19. The molecule has 3 aromatic rings. The second-order valence-corrected chi connectivity index (χ2v) is 7.36. The van der Waals surface area contributed by atoms with Gasteiger partial charge in [-0.3, -0.25) is 4.79 Å². The van der Waals surface area contributed by atoms with E-state index in [1.165, 1.54) is 5.56 Å². The van der Waals surface area contributed by atoms with E-state index in [-0.39, 0.29) is 5.91 Å². The summed E-state index contributed by atoms with van der Waals surface area (Å²) in [4.78, 5) is 12.3. The number of nitrogens with one attached hydrogen (secondary N) is 1. The molecule has 4 nitrogen and oxygen atoms in total. The van der Waals surface area contributed by atoms with Gasteiger partial charge in [-0.05, 0) is 61.4 Å². The zero-order valence-electron chi connectivity index (χ0n) is 15.8. The fourth-order valence-corrected chi connectivity index (χ4v) is 2.77. The fourth-order valence-electron chi connectivity index (χ4n) is 2.51. The molecule has 0 saturated heterocycles. The van der Waals surface area contributed by atoms with Crippen molar-refractivity contribution in [3.05, 3.63) is 99.5 Å². The number of halogens is 1. The Morgan fingerprint density at radius 2 is 1.54 bits per heavy atom. The van der Waals surface area contributed by atoms with Gasteiger partial charge in [-0.2, -0.15) is 5.10 Å². The van der Waals surface area contributed by atoms with Crippen LogP contribution in [0.1, 0.15) is 34.0 Å². The maximum Gasteiger partial charge on any atom is 0.271 e. The molecule has 0 aliphatic carbocycles. The van der Waals surface area contributed by atoms with Crippen LogP contribution in [-0.4, -0.2) is 11.6 Å². The molecule has 0 bridgehead atoms. The summed E-state index contributed by atoms with van der Waals surface area (Å²) in [6.45, 7) is 4.37. The molecule has 3 rings (SSSR count). The Labute approximate surface area is 173 Å². The Morgan fingerprint density at radius 3 is 2.18 bits per heavy atom. The van der Waals surface area contributed by atoms with Gasteiger partial charge in [0.05, 0.1) is 5.71 Å². The summed E-state index contributed by atoms with van der Waals surface area (Å²) in [7, 11) is 0. The highest BCUT2D eigenvalue weighted by Gasteiger charge is 2.06. The SMILES string of the molecule is CC(=NNC(=O)c1ccc(OCc2ccc(Br)cc2)cc1)c1ccc(C)cc1. The molecule has 0 aliphatic rings. The van der Waals surface area contributed by atoms with E-state index in [0.717, 1.165) is 21.3 Å². The minimum absolute atomic E-state index is 0.258. The average Bonchev–Trinajstić information content (AvgIpc) is 2.72. The Morgan fingerprint density at radius 1 is 0.929 bits per heavy atom. The fraction of sp³-hybridized carbons (Fsp3) is 0.130. The lowest BCUT2D eigenvalue weighted by molar-refractivity contribution is 0.0955. The molecule has 0 aliphatic heterocycles. The summed E-state index contributed by atoms with van der Waals surface area (Å²) < 4.78 is 6.79. The predicted octanol–water partition coefficient (Wildman–Crippen LogP) is 5.49. The van der Waals surface area contributed by atoms with E-state index >= 15 is 0 Å². The number of benzene rings is 3. The van der Waals surface area contributed by atoms with Crippen LogP contribution in [0.5, 0.6) is 5.75 Å². The smallest absolute Gasteiger partial charge is 0.271 e. The number of hydrogen-bond acceptors (Lipinski definition) is 3. The largest absolute Gasteiger partial charge is 0.489 e. The van der Waals surface area contributed by atoms with Gasteiger partial charge >= 0.3 is 0 Å². The second-order valence-electron chi connectivity index (χ2n) is 6.44. The number of amides is 1. The van der Waals surface area contributed by atoms with Gasteiger partial charge < -0.3 is 4.74 Å². The van der Waals surface area contributed by atoms with Crippen molar-refractivity contribution < 1.29 is 9.53 Å². The quantitative estimate of drug-likeness (QED) is 0.410. The molecule has 0 heterocycles. The van der Waals surface area contributed by atoms with E-state index in [1.807, 2.05) is 62.4 Å². The van der Waals surface area contributed by atoms with Crippen LogP contribution in [0.25, 0.3) is 0 Å². The normalized spacial score (nSPS) is 11.2. The monoisotopic (exact) mass is 436 g/mol. The van der Waals surface area contributed by atoms with E-state index in [9.17, 15) is 4.79 Å². The molecule has 0 radical (unpaired) electrons. The minimum Gasteiger partial charge on any atom is -0.489 e. The van der Waals surface area contributed by atoms with E-state index in [0.29, 0.717) is 17.9 Å². The summed E-state index contributed by atoms with van der Waals surface area (Å²) in [6, 6.07) is 23.0. The van der Waals surface area contributed by atoms with Gasteiger partial charge in [-0.25, -0.2) is 5.43 Å². The van der Waals surface area contributed by atoms with Gasteiger partial charge in [-0.15, -0.1) is 0 Å². The molecule has 0 atom stereocenters. The van der Waals surface area contributed by atoms with Gasteiger partial charge in [-0.1, -0.05) is 57.9 Å². The number of carbonyl (C=O) groups excluding carboxylic acids is 1. The number of rotatable bonds is 6. The summed E-state index contributed by atoms with van der Waals surface area (Å²) in [5, 5.41) is 4.19. The Hall–Kier alpha value is -2.92. The van der Waals surface area contributed by atoms with Crippen LogP contribution < -0.4 is 10.2 Å². The molecular weight excluding hydrogens is 416 g/mol. The van der Waals surface area contributed by atoms with Crippen molar-refractivity contribution in [3.8, 4) is 5.75 Å². The molecular formula is C23H21BrN2O2. The van der Waals surface area contributed by atoms with E-state index < -0.39 is 0 Å². The standard InChI is InChI=1S/C23H21BrN2O2/c1-16-3-7-19(8-4-16)17(2)25-26-23(27)20-9-13-22(14-10-20)28-15-18-5-11-21(24)12-6-18/h3-14H,15H2,1-2H3,(H,26,27). The van der Waals surface area contributed by atoms with Crippen molar-refractivity contribution in [2.24, 2.45) is 5.10 Å². The minimum atomic E-state index is -0.258. The number of nitrogens with zero attached hydrogens (tertiary/aromatic N) is 1. The summed E-state index contributed by atoms with van der Waals surface area (Å²) in [5.41, 5.74) is 7.11. The third kappa shape index (κ3) is 5.54. The van der Waals surface area contributed by atoms with E-state index in [2.05, 4.69) is 26.5 Å². The third-order valence-corrected chi connectivity index (χ3v) is 4.76. The highest BCUT2D eigenvalue weighted by Crippen LogP contribution is 2.16. The van der Waals surface area contributed by atoms with E-state index in [4.69, 9.17) is 4.74 Å². The van der Waals surface area contributed by atoms with Gasteiger partial charge in [0.2, 0.25) is 0 Å². The lowest BCUT2D eigenvalue weighted by Gasteiger charge is -2.07. The first-order chi connectivity index (χ1) is 13.5. The number of hydrazone groups is 1. The summed E-state index contributed by atoms with van der Waals surface area (Å²) in [6.07, 6.45) is 0. The van der Waals surface area contributed by atoms with Crippen LogP contribution in [0.3, 0.4) is 0 Å². The topological polar surface area (TPSA) is 50.7 Å². The molecule has 1 N–H and O–H groups in total. The van der Waals surface area contributed by atoms with Crippen LogP contribution in [0.15, 0.2) is 82.4 Å². The van der Waals surface area contributed by atoms with Crippen LogP contribution in [0.4, 0.5) is 0 Å². The molecule has 3 aromatic carbocycles. The van der Waals surface area contributed by atoms with Crippen LogP contribution in [0.2, 0.25) is 0 Å². The molecule has 0 saturated carbocycles. The molecule has 142 valence electrons. The van der Waals surface area contributed by atoms with Crippen LogP contribution >= 0.6 is 15.9 Å². The highest BCUT2D eigenvalue weighted by molar-refractivity contribution is 9.10. The molecule has 0 aromatic heterocycles. The predicted molar refractivity (Wildman–Crippen MR) is 116 cm³/mol. The first kappa shape index (κ1) is 19.8. The first-order valence-corrected chi connectivity index (χ1v) is 9.69.